The molecule has 6 N–H and O–H groups in total. The smallest absolute Gasteiger partial charge is 0.322 e. The molecule has 1 aromatic carbocycles. The molecule has 3 amide bonds. The van der Waals surface area contributed by atoms with Crippen LogP contribution in [0.1, 0.15) is 18.4 Å². The van der Waals surface area contributed by atoms with Crippen LogP contribution in [-0.4, -0.2) is 71.7 Å². The zero-order valence-corrected chi connectivity index (χ0v) is 15.9. The molecule has 1 heterocycles. The van der Waals surface area contributed by atoms with Crippen LogP contribution in [0.25, 0.3) is 0 Å². The van der Waals surface area contributed by atoms with Crippen molar-refractivity contribution < 1.29 is 29.4 Å². The first kappa shape index (κ1) is 22.3. The summed E-state index contributed by atoms with van der Waals surface area (Å²) in [6.45, 7) is -0.524. The van der Waals surface area contributed by atoms with Crippen LogP contribution in [0.3, 0.4) is 0 Å². The van der Waals surface area contributed by atoms with Crippen molar-refractivity contribution in [3.8, 4) is 0 Å². The lowest BCUT2D eigenvalue weighted by Gasteiger charge is -2.23. The molecule has 0 spiro atoms. The van der Waals surface area contributed by atoms with E-state index in [0.29, 0.717) is 13.0 Å². The van der Waals surface area contributed by atoms with Gasteiger partial charge in [0.1, 0.15) is 18.6 Å². The standard InChI is InChI=1S/C19H26N4O6/c24-11-15(23-18(28)13-7-4-8-20-13)19(29)22-14(17(27)21-10-16(25)26)9-12-5-2-1-3-6-12/h1-3,5-6,13-15,20,24H,4,7-11H2,(H,21,27)(H,22,29)(H,23,28)(H,25,26). The predicted octanol–water partition coefficient (Wildman–Crippen LogP) is -1.86. The molecule has 10 nitrogen and oxygen atoms in total. The van der Waals surface area contributed by atoms with Gasteiger partial charge >= 0.3 is 5.97 Å². The van der Waals surface area contributed by atoms with Crippen molar-refractivity contribution in [2.45, 2.75) is 37.4 Å². The van der Waals surface area contributed by atoms with E-state index in [1.54, 1.807) is 30.3 Å². The van der Waals surface area contributed by atoms with Crippen molar-refractivity contribution in [1.29, 1.82) is 0 Å². The molecule has 0 aromatic heterocycles. The first-order valence-electron chi connectivity index (χ1n) is 9.39. The fourth-order valence-corrected chi connectivity index (χ4v) is 2.99. The van der Waals surface area contributed by atoms with Crippen LogP contribution >= 0.6 is 0 Å². The van der Waals surface area contributed by atoms with Gasteiger partial charge in [0.05, 0.1) is 12.6 Å². The molecule has 0 saturated carbocycles. The molecule has 1 fully saturated rings. The maximum Gasteiger partial charge on any atom is 0.322 e. The number of carbonyl (C=O) groups excluding carboxylic acids is 3. The quantitative estimate of drug-likeness (QED) is 0.266. The van der Waals surface area contributed by atoms with Gasteiger partial charge in [-0.1, -0.05) is 30.3 Å². The summed E-state index contributed by atoms with van der Waals surface area (Å²) in [5.74, 6) is -3.02. The lowest BCUT2D eigenvalue weighted by molar-refractivity contribution is -0.138. The van der Waals surface area contributed by atoms with Crippen molar-refractivity contribution in [2.24, 2.45) is 0 Å². The minimum atomic E-state index is -1.23. The number of rotatable bonds is 10. The maximum atomic E-state index is 12.6. The molecular formula is C19H26N4O6. The summed E-state index contributed by atoms with van der Waals surface area (Å²) < 4.78 is 0. The van der Waals surface area contributed by atoms with Crippen molar-refractivity contribution in [1.82, 2.24) is 21.3 Å². The number of amides is 3. The van der Waals surface area contributed by atoms with E-state index in [1.807, 2.05) is 0 Å². The van der Waals surface area contributed by atoms with Crippen LogP contribution in [0.15, 0.2) is 30.3 Å². The summed E-state index contributed by atoms with van der Waals surface area (Å²) >= 11 is 0. The van der Waals surface area contributed by atoms with E-state index < -0.39 is 55.0 Å². The highest BCUT2D eigenvalue weighted by Crippen LogP contribution is 2.06. The summed E-state index contributed by atoms with van der Waals surface area (Å²) in [6.07, 6.45) is 1.60. The van der Waals surface area contributed by atoms with Gasteiger partial charge in [-0.2, -0.15) is 0 Å². The van der Waals surface area contributed by atoms with Crippen molar-refractivity contribution in [3.05, 3.63) is 35.9 Å². The largest absolute Gasteiger partial charge is 0.480 e. The summed E-state index contributed by atoms with van der Waals surface area (Å²) in [7, 11) is 0. The Balaban J connectivity index is 2.03. The van der Waals surface area contributed by atoms with E-state index in [2.05, 4.69) is 21.3 Å². The normalized spacial score (nSPS) is 17.8. The van der Waals surface area contributed by atoms with Gasteiger partial charge in [0.2, 0.25) is 17.7 Å². The third kappa shape index (κ3) is 7.16. The Morgan fingerprint density at radius 3 is 2.38 bits per heavy atom. The number of aliphatic hydroxyl groups is 1. The third-order valence-corrected chi connectivity index (χ3v) is 4.52. The van der Waals surface area contributed by atoms with Gasteiger partial charge in [0.15, 0.2) is 0 Å². The predicted molar refractivity (Wildman–Crippen MR) is 103 cm³/mol. The highest BCUT2D eigenvalue weighted by Gasteiger charge is 2.29. The topological polar surface area (TPSA) is 157 Å². The molecule has 29 heavy (non-hydrogen) atoms. The first-order valence-corrected chi connectivity index (χ1v) is 9.39. The summed E-state index contributed by atoms with van der Waals surface area (Å²) in [5, 5.41) is 28.5. The lowest BCUT2D eigenvalue weighted by atomic mass is 10.0. The van der Waals surface area contributed by atoms with Gasteiger partial charge in [0.25, 0.3) is 0 Å². The van der Waals surface area contributed by atoms with Gasteiger partial charge in [0, 0.05) is 6.42 Å². The molecule has 3 unspecified atom stereocenters. The lowest BCUT2D eigenvalue weighted by Crippen LogP contribution is -2.57. The zero-order chi connectivity index (χ0) is 21.2. The molecule has 0 aliphatic carbocycles. The average molecular weight is 406 g/mol. The number of carboxylic acids is 1. The Kier molecular flexibility index (Phi) is 8.56. The second-order valence-electron chi connectivity index (χ2n) is 6.76. The molecule has 158 valence electrons. The Labute approximate surface area is 168 Å². The summed E-state index contributed by atoms with van der Waals surface area (Å²) in [5.41, 5.74) is 0.753. The molecule has 0 bridgehead atoms. The fraction of sp³-hybridized carbons (Fsp3) is 0.474. The average Bonchev–Trinajstić information content (AvgIpc) is 3.25. The number of nitrogens with one attached hydrogen (secondary N) is 4. The number of hydrogen-bond donors (Lipinski definition) is 6. The van der Waals surface area contributed by atoms with Crippen LogP contribution in [0.2, 0.25) is 0 Å². The molecule has 1 aromatic rings. The van der Waals surface area contributed by atoms with Crippen LogP contribution in [0.4, 0.5) is 0 Å². The molecule has 1 saturated heterocycles. The maximum absolute atomic E-state index is 12.6. The van der Waals surface area contributed by atoms with E-state index in [1.165, 1.54) is 0 Å². The number of hydrogen-bond acceptors (Lipinski definition) is 6. The van der Waals surface area contributed by atoms with Crippen molar-refractivity contribution in [3.63, 3.8) is 0 Å². The Morgan fingerprint density at radius 1 is 1.07 bits per heavy atom. The van der Waals surface area contributed by atoms with E-state index in [9.17, 15) is 24.3 Å². The van der Waals surface area contributed by atoms with Gasteiger partial charge in [-0.25, -0.2) is 0 Å². The molecule has 10 heteroatoms. The molecule has 2 rings (SSSR count). The third-order valence-electron chi connectivity index (χ3n) is 4.52. The van der Waals surface area contributed by atoms with E-state index in [4.69, 9.17) is 5.11 Å². The van der Waals surface area contributed by atoms with Crippen LogP contribution in [0.5, 0.6) is 0 Å². The van der Waals surface area contributed by atoms with Gasteiger partial charge < -0.3 is 31.5 Å². The first-order chi connectivity index (χ1) is 13.9. The molecule has 3 atom stereocenters. The highest BCUT2D eigenvalue weighted by molar-refractivity contribution is 5.94. The van der Waals surface area contributed by atoms with Crippen molar-refractivity contribution in [2.75, 3.05) is 19.7 Å². The van der Waals surface area contributed by atoms with Crippen LogP contribution in [0, 0.1) is 0 Å². The van der Waals surface area contributed by atoms with E-state index in [0.717, 1.165) is 12.0 Å². The van der Waals surface area contributed by atoms with E-state index in [-0.39, 0.29) is 6.42 Å². The van der Waals surface area contributed by atoms with Crippen LogP contribution < -0.4 is 21.3 Å². The van der Waals surface area contributed by atoms with Gasteiger partial charge in [-0.15, -0.1) is 0 Å². The minimum Gasteiger partial charge on any atom is -0.480 e. The van der Waals surface area contributed by atoms with Gasteiger partial charge in [-0.05, 0) is 24.9 Å². The number of aliphatic carboxylic acids is 1. The molecule has 1 aliphatic heterocycles. The van der Waals surface area contributed by atoms with Gasteiger partial charge in [-0.3, -0.25) is 19.2 Å². The Hall–Kier alpha value is -2.98. The molecule has 1 aliphatic rings. The zero-order valence-electron chi connectivity index (χ0n) is 15.9. The molecular weight excluding hydrogens is 380 g/mol. The molecule has 0 radical (unpaired) electrons. The van der Waals surface area contributed by atoms with E-state index >= 15 is 0 Å². The number of aliphatic hydroxyl groups excluding tert-OH is 1. The second kappa shape index (κ2) is 11.1. The Morgan fingerprint density at radius 2 is 1.79 bits per heavy atom. The minimum absolute atomic E-state index is 0.119. The summed E-state index contributed by atoms with van der Waals surface area (Å²) in [6, 6.07) is 6.16. The monoisotopic (exact) mass is 406 g/mol. The number of carbonyl (C=O) groups is 4. The second-order valence-corrected chi connectivity index (χ2v) is 6.76. The van der Waals surface area contributed by atoms with Crippen LogP contribution in [-0.2, 0) is 25.6 Å². The SMILES string of the molecule is O=C(O)CNC(=O)C(Cc1ccccc1)NC(=O)C(CO)NC(=O)C1CCCN1. The summed E-state index contributed by atoms with van der Waals surface area (Å²) in [4.78, 5) is 47.9. The number of carboxylic acid groups (broad SMARTS) is 1. The van der Waals surface area contributed by atoms with Crippen molar-refractivity contribution >= 4 is 23.7 Å². The Bertz CT molecular complexity index is 721. The number of benzene rings is 1. The highest BCUT2D eigenvalue weighted by atomic mass is 16.4. The fourth-order valence-electron chi connectivity index (χ4n) is 2.99.